The first-order valence-electron chi connectivity index (χ1n) is 9.51. The first kappa shape index (κ1) is 20.4. The van der Waals surface area contributed by atoms with Crippen LogP contribution in [0.15, 0.2) is 48.5 Å². The molecule has 7 heteroatoms. The predicted molar refractivity (Wildman–Crippen MR) is 107 cm³/mol. The third kappa shape index (κ3) is 4.93. The van der Waals surface area contributed by atoms with Crippen LogP contribution in [0.1, 0.15) is 40.5 Å². The molecule has 7 nitrogen and oxygen atoms in total. The fourth-order valence-corrected chi connectivity index (χ4v) is 3.12. The Kier molecular flexibility index (Phi) is 6.49. The zero-order valence-corrected chi connectivity index (χ0v) is 16.5. The minimum absolute atomic E-state index is 0.146. The Labute approximate surface area is 169 Å². The standard InChI is InChI=1S/C22H24N2O5/c1-15(14-29-17-11-9-16(28-2)10-12-17)23-20(25)8-5-13-24-21(26)18-6-3-4-7-19(18)22(24)27/h3-4,6-7,9-12,15H,5,8,13-14H2,1-2H3,(H,23,25). The van der Waals surface area contributed by atoms with E-state index in [9.17, 15) is 14.4 Å². The fourth-order valence-electron chi connectivity index (χ4n) is 3.12. The van der Waals surface area contributed by atoms with Gasteiger partial charge in [0, 0.05) is 13.0 Å². The first-order valence-corrected chi connectivity index (χ1v) is 9.51. The maximum Gasteiger partial charge on any atom is 0.261 e. The number of imide groups is 1. The van der Waals surface area contributed by atoms with Crippen molar-refractivity contribution < 1.29 is 23.9 Å². The number of nitrogens with zero attached hydrogens (tertiary/aromatic N) is 1. The molecule has 1 heterocycles. The summed E-state index contributed by atoms with van der Waals surface area (Å²) in [5.41, 5.74) is 0.845. The van der Waals surface area contributed by atoms with Crippen LogP contribution in [0.25, 0.3) is 0 Å². The number of fused-ring (bicyclic) bond motifs is 1. The van der Waals surface area contributed by atoms with Crippen molar-refractivity contribution in [1.29, 1.82) is 0 Å². The van der Waals surface area contributed by atoms with Gasteiger partial charge in [0.25, 0.3) is 11.8 Å². The van der Waals surface area contributed by atoms with E-state index in [1.165, 1.54) is 4.90 Å². The average molecular weight is 396 g/mol. The molecule has 1 unspecified atom stereocenters. The van der Waals surface area contributed by atoms with Crippen molar-refractivity contribution >= 4 is 17.7 Å². The maximum absolute atomic E-state index is 12.3. The Morgan fingerprint density at radius 3 is 2.17 bits per heavy atom. The summed E-state index contributed by atoms with van der Waals surface area (Å²) in [4.78, 5) is 37.9. The minimum Gasteiger partial charge on any atom is -0.497 e. The molecule has 0 spiro atoms. The number of methoxy groups -OCH3 is 1. The Balaban J connectivity index is 1.38. The van der Waals surface area contributed by atoms with E-state index >= 15 is 0 Å². The Bertz CT molecular complexity index is 859. The number of rotatable bonds is 9. The van der Waals surface area contributed by atoms with Gasteiger partial charge in [0.1, 0.15) is 18.1 Å². The van der Waals surface area contributed by atoms with Crippen molar-refractivity contribution in [3.05, 3.63) is 59.7 Å². The monoisotopic (exact) mass is 396 g/mol. The molecule has 2 aromatic rings. The molecule has 1 atom stereocenters. The topological polar surface area (TPSA) is 84.9 Å². The Morgan fingerprint density at radius 1 is 1.00 bits per heavy atom. The molecule has 0 saturated heterocycles. The molecule has 1 aliphatic heterocycles. The fraction of sp³-hybridized carbons (Fsp3) is 0.318. The van der Waals surface area contributed by atoms with Crippen LogP contribution in [-0.4, -0.2) is 48.9 Å². The number of hydrogen-bond donors (Lipinski definition) is 1. The van der Waals surface area contributed by atoms with Crippen molar-refractivity contribution in [2.24, 2.45) is 0 Å². The van der Waals surface area contributed by atoms with Crippen molar-refractivity contribution in [2.75, 3.05) is 20.3 Å². The van der Waals surface area contributed by atoms with E-state index in [2.05, 4.69) is 5.32 Å². The molecule has 0 saturated carbocycles. The number of benzene rings is 2. The maximum atomic E-state index is 12.3. The highest BCUT2D eigenvalue weighted by atomic mass is 16.5. The van der Waals surface area contributed by atoms with Crippen LogP contribution in [0.2, 0.25) is 0 Å². The second kappa shape index (κ2) is 9.23. The lowest BCUT2D eigenvalue weighted by Crippen LogP contribution is -2.37. The summed E-state index contributed by atoms with van der Waals surface area (Å²) in [6.45, 7) is 2.40. The predicted octanol–water partition coefficient (Wildman–Crippen LogP) is 2.66. The van der Waals surface area contributed by atoms with Crippen molar-refractivity contribution in [3.8, 4) is 11.5 Å². The van der Waals surface area contributed by atoms with Crippen LogP contribution in [0.3, 0.4) is 0 Å². The summed E-state index contributed by atoms with van der Waals surface area (Å²) < 4.78 is 10.7. The molecule has 1 N–H and O–H groups in total. The second-order valence-electron chi connectivity index (χ2n) is 6.87. The molecule has 0 fully saturated rings. The Morgan fingerprint density at radius 2 is 1.59 bits per heavy atom. The van der Waals surface area contributed by atoms with Crippen LogP contribution in [-0.2, 0) is 4.79 Å². The van der Waals surface area contributed by atoms with E-state index in [4.69, 9.17) is 9.47 Å². The minimum atomic E-state index is -0.299. The molecule has 29 heavy (non-hydrogen) atoms. The van der Waals surface area contributed by atoms with Gasteiger partial charge in [-0.05, 0) is 49.7 Å². The largest absolute Gasteiger partial charge is 0.497 e. The summed E-state index contributed by atoms with van der Waals surface area (Å²) in [6, 6.07) is 13.8. The molecular formula is C22H24N2O5. The zero-order chi connectivity index (χ0) is 20.8. The molecule has 0 radical (unpaired) electrons. The summed E-state index contributed by atoms with van der Waals surface area (Å²) >= 11 is 0. The molecule has 0 aromatic heterocycles. The van der Waals surface area contributed by atoms with E-state index in [0.717, 1.165) is 5.75 Å². The summed E-state index contributed by atoms with van der Waals surface area (Å²) in [5, 5.41) is 2.86. The van der Waals surface area contributed by atoms with Gasteiger partial charge in [-0.15, -0.1) is 0 Å². The molecule has 0 bridgehead atoms. The lowest BCUT2D eigenvalue weighted by molar-refractivity contribution is -0.122. The van der Waals surface area contributed by atoms with Gasteiger partial charge in [-0.2, -0.15) is 0 Å². The van der Waals surface area contributed by atoms with E-state index in [1.807, 2.05) is 6.92 Å². The number of carbonyl (C=O) groups is 3. The normalized spacial score (nSPS) is 13.8. The highest BCUT2D eigenvalue weighted by molar-refractivity contribution is 6.21. The lowest BCUT2D eigenvalue weighted by atomic mass is 10.1. The third-order valence-corrected chi connectivity index (χ3v) is 4.63. The smallest absolute Gasteiger partial charge is 0.261 e. The SMILES string of the molecule is COc1ccc(OCC(C)NC(=O)CCCN2C(=O)c3ccccc3C2=O)cc1. The number of carbonyl (C=O) groups excluding carboxylic acids is 3. The van der Waals surface area contributed by atoms with Crippen molar-refractivity contribution in [2.45, 2.75) is 25.8 Å². The molecule has 3 amide bonds. The van der Waals surface area contributed by atoms with E-state index in [-0.39, 0.29) is 36.7 Å². The quantitative estimate of drug-likeness (QED) is 0.659. The lowest BCUT2D eigenvalue weighted by Gasteiger charge is -2.16. The number of hydrogen-bond acceptors (Lipinski definition) is 5. The molecule has 1 aliphatic rings. The second-order valence-corrected chi connectivity index (χ2v) is 6.87. The van der Waals surface area contributed by atoms with E-state index in [1.54, 1.807) is 55.6 Å². The molecular weight excluding hydrogens is 372 g/mol. The van der Waals surface area contributed by atoms with Gasteiger partial charge in [0.05, 0.1) is 24.3 Å². The van der Waals surface area contributed by atoms with Crippen LogP contribution in [0, 0.1) is 0 Å². The van der Waals surface area contributed by atoms with Crippen molar-refractivity contribution in [1.82, 2.24) is 10.2 Å². The first-order chi connectivity index (χ1) is 14.0. The number of amides is 3. The van der Waals surface area contributed by atoms with Crippen LogP contribution in [0.5, 0.6) is 11.5 Å². The van der Waals surface area contributed by atoms with Gasteiger partial charge in [0.2, 0.25) is 5.91 Å². The van der Waals surface area contributed by atoms with Crippen LogP contribution >= 0.6 is 0 Å². The third-order valence-electron chi connectivity index (χ3n) is 4.63. The summed E-state index contributed by atoms with van der Waals surface area (Å²) in [5.74, 6) is 0.696. The van der Waals surface area contributed by atoms with Crippen molar-refractivity contribution in [3.63, 3.8) is 0 Å². The Hall–Kier alpha value is -3.35. The molecule has 0 aliphatic carbocycles. The summed E-state index contributed by atoms with van der Waals surface area (Å²) in [6.07, 6.45) is 0.629. The molecule has 2 aromatic carbocycles. The highest BCUT2D eigenvalue weighted by Gasteiger charge is 2.34. The average Bonchev–Trinajstić information content (AvgIpc) is 2.97. The highest BCUT2D eigenvalue weighted by Crippen LogP contribution is 2.22. The van der Waals surface area contributed by atoms with Gasteiger partial charge >= 0.3 is 0 Å². The van der Waals surface area contributed by atoms with Gasteiger partial charge in [0.15, 0.2) is 0 Å². The van der Waals surface area contributed by atoms with E-state index in [0.29, 0.717) is 29.9 Å². The number of nitrogens with one attached hydrogen (secondary N) is 1. The van der Waals surface area contributed by atoms with Crippen LogP contribution in [0.4, 0.5) is 0 Å². The van der Waals surface area contributed by atoms with Gasteiger partial charge < -0.3 is 14.8 Å². The molecule has 152 valence electrons. The van der Waals surface area contributed by atoms with Gasteiger partial charge in [-0.25, -0.2) is 0 Å². The van der Waals surface area contributed by atoms with E-state index < -0.39 is 0 Å². The summed E-state index contributed by atoms with van der Waals surface area (Å²) in [7, 11) is 1.60. The zero-order valence-electron chi connectivity index (χ0n) is 16.5. The number of ether oxygens (including phenoxy) is 2. The molecule has 3 rings (SSSR count). The van der Waals surface area contributed by atoms with Gasteiger partial charge in [-0.1, -0.05) is 12.1 Å². The van der Waals surface area contributed by atoms with Gasteiger partial charge in [-0.3, -0.25) is 19.3 Å². The van der Waals surface area contributed by atoms with Crippen LogP contribution < -0.4 is 14.8 Å².